The van der Waals surface area contributed by atoms with Crippen LogP contribution < -0.4 is 47.3 Å². The number of benzene rings is 3. The second kappa shape index (κ2) is 34.0. The van der Waals surface area contributed by atoms with E-state index < -0.39 is 159 Å². The number of anilines is 1. The first-order valence-electron chi connectivity index (χ1n) is 33.6. The zero-order valence-electron chi connectivity index (χ0n) is 55.3. The molecule has 3 aromatic carbocycles. The standard InChI is InChI=1S/C67H94N12O18S/c1-36-32-79-56(57(36)88)62(93)70-31-45(83)29-47(71-58(89)39-10-12-40(13-11-39)63-75-76-64(98-63)41-14-16-44(17-15-41)77-24-20-67(96-3,21-25-77)42-7-5-4-6-8-42)59(90)72-53(37(2)82)65(94)78-33-46(84)30-48(78)60(91)73-54(61(92)74-55(66(79)95)50(86)19-22-68)51(87)27-38-9-18-49(85)52(28-38)97-26-23-69-43(34-80)35-81/h9-18,28,36-37,42-43,45-48,50-51,53-57,69,80-88H,4-8,19-27,29-35,68H2,1-3H3,(H,70,93)(H,71,89)(H,72,90)(H,73,91)(H,74,92)/t36-,37+,45+,46+,47?,48-,50+,51+,53-,54-,55-,56-,57-/m0/s1. The van der Waals surface area contributed by atoms with Crippen LogP contribution in [0.3, 0.4) is 0 Å². The number of amides is 7. The first-order chi connectivity index (χ1) is 47.0. The molecule has 5 fully saturated rings. The molecule has 0 spiro atoms. The molecule has 4 aromatic rings. The Kier molecular flexibility index (Phi) is 25.9. The van der Waals surface area contributed by atoms with Crippen molar-refractivity contribution in [3.8, 4) is 32.6 Å². The zero-order chi connectivity index (χ0) is 70.5. The van der Waals surface area contributed by atoms with Crippen molar-refractivity contribution in [1.29, 1.82) is 0 Å². The molecular weight excluding hydrogens is 1290 g/mol. The third-order valence-corrected chi connectivity index (χ3v) is 20.6. The van der Waals surface area contributed by atoms with Gasteiger partial charge in [-0.25, -0.2) is 0 Å². The lowest BCUT2D eigenvalue weighted by Gasteiger charge is -2.47. The Morgan fingerprint density at radius 1 is 0.765 bits per heavy atom. The summed E-state index contributed by atoms with van der Waals surface area (Å²) in [6, 6.07) is 6.58. The number of aliphatic hydroxyl groups is 8. The Bertz CT molecular complexity index is 3370. The summed E-state index contributed by atoms with van der Waals surface area (Å²) >= 11 is 1.34. The summed E-state index contributed by atoms with van der Waals surface area (Å²) in [6.45, 7) is 2.01. The summed E-state index contributed by atoms with van der Waals surface area (Å²) in [7, 11) is 1.86. The summed E-state index contributed by atoms with van der Waals surface area (Å²) in [5, 5.41) is 124. The number of nitrogens with zero attached hydrogens (tertiary/aromatic N) is 5. The fraction of sp³-hybridized carbons (Fsp3) is 0.597. The molecule has 30 nitrogen and oxygen atoms in total. The maximum atomic E-state index is 14.8. The molecule has 0 bridgehead atoms. The average molecular weight is 1390 g/mol. The van der Waals surface area contributed by atoms with E-state index in [1.54, 1.807) is 12.1 Å². The minimum atomic E-state index is -2.08. The molecule has 1 saturated carbocycles. The molecule has 13 atom stereocenters. The van der Waals surface area contributed by atoms with Crippen LogP contribution in [-0.4, -0.2) is 265 Å². The Morgan fingerprint density at radius 3 is 2.03 bits per heavy atom. The smallest absolute Gasteiger partial charge is 0.251 e. The van der Waals surface area contributed by atoms with Crippen LogP contribution >= 0.6 is 11.3 Å². The Balaban J connectivity index is 0.947. The maximum absolute atomic E-state index is 14.8. The van der Waals surface area contributed by atoms with Gasteiger partial charge in [-0.15, -0.1) is 10.2 Å². The van der Waals surface area contributed by atoms with E-state index in [1.807, 2.05) is 19.2 Å². The molecule has 98 heavy (non-hydrogen) atoms. The third kappa shape index (κ3) is 17.9. The third-order valence-electron chi connectivity index (χ3n) is 19.6. The number of nitrogens with two attached hydrogens (primary N) is 1. The van der Waals surface area contributed by atoms with E-state index in [-0.39, 0.29) is 74.1 Å². The second-order valence-corrected chi connectivity index (χ2v) is 27.3. The number of nitrogens with one attached hydrogen (secondary N) is 6. The molecule has 1 aromatic heterocycles. The molecule has 5 aliphatic rings. The van der Waals surface area contributed by atoms with Gasteiger partial charge in [0, 0.05) is 93.9 Å². The SMILES string of the molecule is COC1(C2CCCCC2)CCN(c2ccc(-c3nnc(-c4ccc(C(=O)NC5C[C@@H](O)CNC(=O)[C@@H]6[C@@H](O)[C@@H](C)CN6C(=O)[C@H]([C@H](O)CCN)NC(=O)[C@H]([C@H](O)Cc6ccc(O)c(OCCNC(CO)CO)c6)NC(=O)[C@@H]6C[C@@H](O)CN6C(=O)[C@H]([C@@H](C)O)NC5=O)cc4)s3)cc2)CC1. The predicted molar refractivity (Wildman–Crippen MR) is 357 cm³/mol. The molecule has 9 rings (SSSR count). The van der Waals surface area contributed by atoms with Crippen molar-refractivity contribution in [2.24, 2.45) is 17.6 Å². The van der Waals surface area contributed by atoms with Gasteiger partial charge in [0.05, 0.1) is 61.5 Å². The lowest BCUT2D eigenvalue weighted by atomic mass is 9.72. The number of ether oxygens (including phenoxy) is 2. The molecule has 1 aliphatic carbocycles. The van der Waals surface area contributed by atoms with Crippen molar-refractivity contribution < 1.29 is 89.0 Å². The molecular formula is C67H94N12O18S. The van der Waals surface area contributed by atoms with Crippen molar-refractivity contribution in [3.05, 3.63) is 77.9 Å². The van der Waals surface area contributed by atoms with Gasteiger partial charge in [-0.1, -0.05) is 55.7 Å². The van der Waals surface area contributed by atoms with Gasteiger partial charge < -0.3 is 108 Å². The Labute approximate surface area is 571 Å². The number of fused-ring (bicyclic) bond motifs is 2. The van der Waals surface area contributed by atoms with Gasteiger partial charge in [0.15, 0.2) is 11.5 Å². The molecule has 5 heterocycles. The van der Waals surface area contributed by atoms with Crippen LogP contribution in [0.5, 0.6) is 11.5 Å². The van der Waals surface area contributed by atoms with Crippen molar-refractivity contribution in [2.45, 2.75) is 169 Å². The number of aromatic hydroxyl groups is 1. The van der Waals surface area contributed by atoms with Crippen molar-refractivity contribution in [3.63, 3.8) is 0 Å². The number of carbonyl (C=O) groups is 7. The highest BCUT2D eigenvalue weighted by molar-refractivity contribution is 7.17. The number of piperidine rings is 1. The number of carbonyl (C=O) groups excluding carboxylic acids is 7. The van der Waals surface area contributed by atoms with Gasteiger partial charge in [0.25, 0.3) is 5.91 Å². The van der Waals surface area contributed by atoms with E-state index in [4.69, 9.17) is 15.2 Å². The number of aliphatic hydroxyl groups excluding tert-OH is 8. The van der Waals surface area contributed by atoms with Gasteiger partial charge in [0.1, 0.15) is 52.9 Å². The van der Waals surface area contributed by atoms with E-state index >= 15 is 0 Å². The quantitative estimate of drug-likeness (QED) is 0.0392. The lowest BCUT2D eigenvalue weighted by molar-refractivity contribution is -0.147. The highest BCUT2D eigenvalue weighted by atomic mass is 32.1. The number of phenols is 1. The summed E-state index contributed by atoms with van der Waals surface area (Å²) in [6.07, 6.45) is -3.91. The molecule has 0 radical (unpaired) electrons. The number of aromatic nitrogens is 2. The molecule has 4 aliphatic heterocycles. The van der Waals surface area contributed by atoms with Gasteiger partial charge in [-0.2, -0.15) is 0 Å². The number of β-amino-alcohol motifs (C(OH)–C–C–N with tert-alkyl or cyclic N) is 1. The maximum Gasteiger partial charge on any atom is 0.251 e. The van der Waals surface area contributed by atoms with Crippen LogP contribution in [-0.2, 0) is 39.9 Å². The minimum absolute atomic E-state index is 0.0358. The van der Waals surface area contributed by atoms with Crippen LogP contribution in [0.1, 0.15) is 94.0 Å². The van der Waals surface area contributed by atoms with E-state index in [0.717, 1.165) is 53.9 Å². The first kappa shape index (κ1) is 74.7. The highest BCUT2D eigenvalue weighted by Crippen LogP contribution is 2.43. The van der Waals surface area contributed by atoms with E-state index in [2.05, 4.69) is 59.1 Å². The van der Waals surface area contributed by atoms with Crippen molar-refractivity contribution >= 4 is 58.4 Å². The number of hydrogen-bond acceptors (Lipinski definition) is 24. The second-order valence-electron chi connectivity index (χ2n) is 26.4. The van der Waals surface area contributed by atoms with Gasteiger partial charge in [0.2, 0.25) is 35.4 Å². The van der Waals surface area contributed by atoms with Crippen LogP contribution in [0.25, 0.3) is 21.1 Å². The number of methoxy groups -OCH3 is 1. The molecule has 7 amide bonds. The van der Waals surface area contributed by atoms with Crippen molar-refractivity contribution in [1.82, 2.24) is 51.9 Å². The van der Waals surface area contributed by atoms with Gasteiger partial charge in [-0.05, 0) is 106 Å². The topological polar surface area (TPSA) is 454 Å². The summed E-state index contributed by atoms with van der Waals surface area (Å²) in [4.78, 5) is 106. The summed E-state index contributed by atoms with van der Waals surface area (Å²) in [5.41, 5.74) is 8.59. The Morgan fingerprint density at radius 2 is 1.40 bits per heavy atom. The first-order valence-corrected chi connectivity index (χ1v) is 34.4. The number of rotatable bonds is 21. The van der Waals surface area contributed by atoms with E-state index in [9.17, 15) is 79.5 Å². The number of hydrogen-bond donors (Lipinski definition) is 16. The molecule has 1 unspecified atom stereocenters. The minimum Gasteiger partial charge on any atom is -0.504 e. The average Bonchev–Trinajstić information content (AvgIpc) is 1.45. The van der Waals surface area contributed by atoms with Gasteiger partial charge >= 0.3 is 0 Å². The molecule has 17 N–H and O–H groups in total. The fourth-order valence-corrected chi connectivity index (χ4v) is 14.7. The highest BCUT2D eigenvalue weighted by Gasteiger charge is 2.50. The summed E-state index contributed by atoms with van der Waals surface area (Å²) in [5.74, 6) is -8.29. The lowest BCUT2D eigenvalue weighted by Crippen LogP contribution is -2.64. The van der Waals surface area contributed by atoms with Crippen LogP contribution in [0.4, 0.5) is 5.69 Å². The van der Waals surface area contributed by atoms with Crippen LogP contribution in [0.2, 0.25) is 0 Å². The predicted octanol–water partition coefficient (Wildman–Crippen LogP) is -2.24. The molecule has 536 valence electrons. The van der Waals surface area contributed by atoms with Crippen LogP contribution in [0, 0.1) is 11.8 Å². The molecule has 4 saturated heterocycles. The Hall–Kier alpha value is -7.53. The van der Waals surface area contributed by atoms with Crippen molar-refractivity contribution in [2.75, 3.05) is 77.6 Å². The summed E-state index contributed by atoms with van der Waals surface area (Å²) < 4.78 is 12.0. The zero-order valence-corrected chi connectivity index (χ0v) is 56.1. The van der Waals surface area contributed by atoms with Gasteiger partial charge in [-0.3, -0.25) is 33.6 Å². The monoisotopic (exact) mass is 1390 g/mol. The van der Waals surface area contributed by atoms with Crippen LogP contribution in [0.15, 0.2) is 66.7 Å². The fourth-order valence-electron chi connectivity index (χ4n) is 13.9. The number of phenolic OH excluding ortho intramolecular Hbond substituents is 1. The van der Waals surface area contributed by atoms with E-state index in [0.29, 0.717) is 21.5 Å². The largest absolute Gasteiger partial charge is 0.504 e. The van der Waals surface area contributed by atoms with E-state index in [1.165, 1.54) is 80.7 Å². The molecule has 31 heteroatoms. The normalized spacial score (nSPS) is 26.6.